The Labute approximate surface area is 258 Å². The van der Waals surface area contributed by atoms with Crippen LogP contribution in [0.4, 0.5) is 0 Å². The third-order valence-corrected chi connectivity index (χ3v) is 8.48. The molecule has 4 aromatic heterocycles. The molecule has 0 saturated carbocycles. The highest BCUT2D eigenvalue weighted by atomic mass is 127. The summed E-state index contributed by atoms with van der Waals surface area (Å²) in [6.07, 6.45) is 5.63. The van der Waals surface area contributed by atoms with Gasteiger partial charge in [-0.25, -0.2) is 9.97 Å². The molecule has 0 spiro atoms. The van der Waals surface area contributed by atoms with Gasteiger partial charge in [-0.05, 0) is 71.1 Å². The summed E-state index contributed by atoms with van der Waals surface area (Å²) in [5, 5.41) is 0. The first kappa shape index (κ1) is 26.7. The number of nitrogens with zero attached hydrogens (tertiary/aromatic N) is 6. The smallest absolute Gasteiger partial charge is 0.261 e. The minimum Gasteiger partial charge on any atom is -0.307 e. The van der Waals surface area contributed by atoms with Crippen molar-refractivity contribution < 1.29 is 19.2 Å². The first-order chi connectivity index (χ1) is 20.9. The Morgan fingerprint density at radius 1 is 0.558 bits per heavy atom. The molecular formula is C32H21IN6O4. The van der Waals surface area contributed by atoms with Crippen molar-refractivity contribution in [3.05, 3.63) is 141 Å². The zero-order chi connectivity index (χ0) is 29.7. The van der Waals surface area contributed by atoms with Gasteiger partial charge in [0.05, 0.1) is 46.7 Å². The van der Waals surface area contributed by atoms with Crippen molar-refractivity contribution in [1.29, 1.82) is 0 Å². The summed E-state index contributed by atoms with van der Waals surface area (Å²) in [6, 6.07) is 25.2. The zero-order valence-electron chi connectivity index (χ0n) is 22.4. The van der Waals surface area contributed by atoms with Crippen molar-refractivity contribution in [2.24, 2.45) is 0 Å². The number of pyridine rings is 2. The van der Waals surface area contributed by atoms with E-state index in [1.165, 1.54) is 9.80 Å². The van der Waals surface area contributed by atoms with E-state index in [2.05, 4.69) is 32.6 Å². The zero-order valence-corrected chi connectivity index (χ0v) is 24.6. The highest BCUT2D eigenvalue weighted by molar-refractivity contribution is 14.1. The molecule has 2 aliphatic heterocycles. The molecule has 8 rings (SSSR count). The molecule has 0 radical (unpaired) electrons. The predicted molar refractivity (Wildman–Crippen MR) is 164 cm³/mol. The van der Waals surface area contributed by atoms with E-state index in [-0.39, 0.29) is 36.7 Å². The van der Waals surface area contributed by atoms with Gasteiger partial charge in [0.1, 0.15) is 15.0 Å². The number of carbonyl (C=O) groups excluding carboxylic acids is 4. The third-order valence-electron chi connectivity index (χ3n) is 7.34. The molecule has 43 heavy (non-hydrogen) atoms. The fourth-order valence-corrected chi connectivity index (χ4v) is 5.95. The molecular weight excluding hydrogens is 659 g/mol. The molecule has 2 aromatic carbocycles. The Balaban J connectivity index is 0.000000140. The van der Waals surface area contributed by atoms with Gasteiger partial charge in [0.2, 0.25) is 0 Å². The van der Waals surface area contributed by atoms with Crippen LogP contribution >= 0.6 is 22.6 Å². The summed E-state index contributed by atoms with van der Waals surface area (Å²) in [4.78, 5) is 60.8. The Kier molecular flexibility index (Phi) is 6.58. The number of amides is 4. The standard InChI is InChI=1S/C16H10IN3O2.C16H11N3O2/c17-14-12(18-13-7-3-4-8-19(13)14)9-20-15(21)10-5-1-2-6-11(10)16(20)22;20-15-12-5-1-2-6-13(12)16(21)19(15)10-11-9-18-8-4-3-7-14(18)17-11/h1-8H,9H2;1-9H,10H2. The Morgan fingerprint density at radius 3 is 1.58 bits per heavy atom. The van der Waals surface area contributed by atoms with Crippen molar-refractivity contribution in [3.63, 3.8) is 0 Å². The number of benzene rings is 2. The number of carbonyl (C=O) groups is 4. The average Bonchev–Trinajstić information content (AvgIpc) is 3.73. The Bertz CT molecular complexity index is 2010. The Morgan fingerprint density at radius 2 is 1.05 bits per heavy atom. The molecule has 4 amide bonds. The van der Waals surface area contributed by atoms with E-state index in [4.69, 9.17) is 0 Å². The number of rotatable bonds is 4. The van der Waals surface area contributed by atoms with Crippen LogP contribution in [0.15, 0.2) is 104 Å². The van der Waals surface area contributed by atoms with E-state index in [0.717, 1.165) is 20.7 Å². The van der Waals surface area contributed by atoms with E-state index >= 15 is 0 Å². The van der Waals surface area contributed by atoms with Crippen LogP contribution in [0.5, 0.6) is 0 Å². The summed E-state index contributed by atoms with van der Waals surface area (Å²) in [6.45, 7) is 0.375. The fourth-order valence-electron chi connectivity index (χ4n) is 5.26. The number of hydrogen-bond acceptors (Lipinski definition) is 6. The Hall–Kier alpha value is -5.17. The lowest BCUT2D eigenvalue weighted by Gasteiger charge is -2.12. The molecule has 10 nitrogen and oxygen atoms in total. The van der Waals surface area contributed by atoms with Gasteiger partial charge in [-0.3, -0.25) is 33.4 Å². The monoisotopic (exact) mass is 680 g/mol. The van der Waals surface area contributed by atoms with Crippen LogP contribution in [0.1, 0.15) is 52.8 Å². The first-order valence-corrected chi connectivity index (χ1v) is 14.4. The third kappa shape index (κ3) is 4.57. The van der Waals surface area contributed by atoms with E-state index < -0.39 is 0 Å². The van der Waals surface area contributed by atoms with Gasteiger partial charge in [-0.1, -0.05) is 36.4 Å². The van der Waals surface area contributed by atoms with Crippen LogP contribution < -0.4 is 0 Å². The molecule has 0 atom stereocenters. The average molecular weight is 680 g/mol. The summed E-state index contributed by atoms with van der Waals surface area (Å²) >= 11 is 2.19. The maximum atomic E-state index is 12.4. The van der Waals surface area contributed by atoms with E-state index in [9.17, 15) is 19.2 Å². The highest BCUT2D eigenvalue weighted by Crippen LogP contribution is 2.26. The number of fused-ring (bicyclic) bond motifs is 4. The molecule has 2 aliphatic rings. The molecule has 0 bridgehead atoms. The van der Waals surface area contributed by atoms with Gasteiger partial charge in [0.15, 0.2) is 0 Å². The molecule has 210 valence electrons. The first-order valence-electron chi connectivity index (χ1n) is 13.4. The minimum atomic E-state index is -0.257. The highest BCUT2D eigenvalue weighted by Gasteiger charge is 2.36. The van der Waals surface area contributed by atoms with Crippen molar-refractivity contribution in [3.8, 4) is 0 Å². The predicted octanol–water partition coefficient (Wildman–Crippen LogP) is 4.87. The molecule has 0 saturated heterocycles. The SMILES string of the molecule is O=C1c2ccccc2C(=O)N1Cc1cn2ccccc2n1.O=C1c2ccccc2C(=O)N1Cc1nc2ccccn2c1I. The number of halogens is 1. The van der Waals surface area contributed by atoms with Crippen molar-refractivity contribution >= 4 is 57.5 Å². The fraction of sp³-hybridized carbons (Fsp3) is 0.0625. The van der Waals surface area contributed by atoms with E-state index in [1.807, 2.05) is 63.8 Å². The second-order valence-corrected chi connectivity index (χ2v) is 11.0. The van der Waals surface area contributed by atoms with Crippen LogP contribution in [0.3, 0.4) is 0 Å². The summed E-state index contributed by atoms with van der Waals surface area (Å²) in [5.41, 5.74) is 4.87. The lowest BCUT2D eigenvalue weighted by Crippen LogP contribution is -2.29. The number of hydrogen-bond donors (Lipinski definition) is 0. The topological polar surface area (TPSA) is 109 Å². The minimum absolute atomic E-state index is 0.187. The number of imidazole rings is 2. The lowest BCUT2D eigenvalue weighted by atomic mass is 10.1. The van der Waals surface area contributed by atoms with Crippen LogP contribution in [0.2, 0.25) is 0 Å². The number of imide groups is 2. The van der Waals surface area contributed by atoms with Gasteiger partial charge in [-0.15, -0.1) is 0 Å². The van der Waals surface area contributed by atoms with E-state index in [1.54, 1.807) is 48.5 Å². The molecule has 0 aliphatic carbocycles. The summed E-state index contributed by atoms with van der Waals surface area (Å²) in [7, 11) is 0. The largest absolute Gasteiger partial charge is 0.307 e. The van der Waals surface area contributed by atoms with Crippen LogP contribution in [0, 0.1) is 3.70 Å². The second-order valence-electron chi connectivity index (χ2n) is 9.96. The van der Waals surface area contributed by atoms with Gasteiger partial charge in [0.25, 0.3) is 23.6 Å². The van der Waals surface area contributed by atoms with Gasteiger partial charge < -0.3 is 4.40 Å². The molecule has 6 heterocycles. The summed E-state index contributed by atoms with van der Waals surface area (Å²) < 4.78 is 4.71. The molecule has 6 aromatic rings. The van der Waals surface area contributed by atoms with E-state index in [0.29, 0.717) is 27.9 Å². The van der Waals surface area contributed by atoms with Crippen molar-refractivity contribution in [2.75, 3.05) is 0 Å². The number of aromatic nitrogens is 4. The quantitative estimate of drug-likeness (QED) is 0.194. The van der Waals surface area contributed by atoms with Crippen LogP contribution in [-0.4, -0.2) is 52.2 Å². The lowest BCUT2D eigenvalue weighted by molar-refractivity contribution is 0.0625. The van der Waals surface area contributed by atoms with Crippen molar-refractivity contribution in [2.45, 2.75) is 13.1 Å². The van der Waals surface area contributed by atoms with Crippen LogP contribution in [0.25, 0.3) is 11.3 Å². The van der Waals surface area contributed by atoms with Crippen molar-refractivity contribution in [1.82, 2.24) is 28.6 Å². The van der Waals surface area contributed by atoms with Gasteiger partial charge in [0, 0.05) is 18.6 Å². The molecule has 11 heteroatoms. The maximum absolute atomic E-state index is 12.4. The molecule has 0 unspecified atom stereocenters. The normalized spacial score (nSPS) is 14.0. The van der Waals surface area contributed by atoms with Gasteiger partial charge >= 0.3 is 0 Å². The molecule has 0 fully saturated rings. The second kappa shape index (κ2) is 10.6. The maximum Gasteiger partial charge on any atom is 0.261 e. The van der Waals surface area contributed by atoms with Gasteiger partial charge in [-0.2, -0.15) is 0 Å². The molecule has 0 N–H and O–H groups in total. The van der Waals surface area contributed by atoms with Crippen LogP contribution in [-0.2, 0) is 13.1 Å². The summed E-state index contributed by atoms with van der Waals surface area (Å²) in [5.74, 6) is -1.03.